The van der Waals surface area contributed by atoms with Gasteiger partial charge in [0, 0.05) is 16.2 Å². The lowest BCUT2D eigenvalue weighted by Gasteiger charge is -2.22. The summed E-state index contributed by atoms with van der Waals surface area (Å²) >= 11 is 0. The molecule has 1 nitrogen and oxygen atoms in total. The lowest BCUT2D eigenvalue weighted by molar-refractivity contribution is 0.657. The number of hydrogen-bond acceptors (Lipinski definition) is 1. The average molecular weight is 663 g/mol. The van der Waals surface area contributed by atoms with E-state index < -0.39 is 0 Å². The first-order chi connectivity index (χ1) is 25.5. The lowest BCUT2D eigenvalue weighted by Crippen LogP contribution is -2.14. The molecule has 0 aliphatic heterocycles. The summed E-state index contributed by atoms with van der Waals surface area (Å²) in [6, 6.07) is 62.4. The van der Waals surface area contributed by atoms with E-state index in [1.54, 1.807) is 0 Å². The zero-order valence-corrected chi connectivity index (χ0v) is 29.1. The summed E-state index contributed by atoms with van der Waals surface area (Å²) < 4.78 is 6.30. The van der Waals surface area contributed by atoms with E-state index >= 15 is 0 Å². The highest BCUT2D eigenvalue weighted by Crippen LogP contribution is 2.54. The predicted octanol–water partition coefficient (Wildman–Crippen LogP) is 14.4. The van der Waals surface area contributed by atoms with E-state index in [9.17, 15) is 0 Å². The fourth-order valence-electron chi connectivity index (χ4n) is 9.15. The van der Waals surface area contributed by atoms with Gasteiger partial charge in [-0.05, 0) is 112 Å². The SMILES string of the molecule is CC1(C)c2cc(-c3ccc(-c4c5ccccc5c(-c5ccc6ccccc6c5)c5ccccc45)cc3)ccc2-c2c1ccc1oc3ccccc3c21. The van der Waals surface area contributed by atoms with E-state index in [-0.39, 0.29) is 5.41 Å². The zero-order valence-electron chi connectivity index (χ0n) is 29.1. The molecule has 0 amide bonds. The van der Waals surface area contributed by atoms with Crippen LogP contribution in [-0.2, 0) is 5.41 Å². The number of furan rings is 1. The van der Waals surface area contributed by atoms with Crippen molar-refractivity contribution in [3.63, 3.8) is 0 Å². The molecule has 244 valence electrons. The first kappa shape index (κ1) is 29.3. The summed E-state index contributed by atoms with van der Waals surface area (Å²) in [5, 5.41) is 10.0. The molecule has 0 saturated carbocycles. The van der Waals surface area contributed by atoms with E-state index in [1.807, 2.05) is 6.07 Å². The van der Waals surface area contributed by atoms with Crippen LogP contribution in [0.25, 0.3) is 98.8 Å². The van der Waals surface area contributed by atoms with E-state index in [4.69, 9.17) is 4.42 Å². The molecule has 1 heterocycles. The predicted molar refractivity (Wildman–Crippen MR) is 220 cm³/mol. The van der Waals surface area contributed by atoms with E-state index in [2.05, 4.69) is 178 Å². The minimum absolute atomic E-state index is 0.127. The van der Waals surface area contributed by atoms with Gasteiger partial charge in [-0.3, -0.25) is 0 Å². The Morgan fingerprint density at radius 1 is 0.365 bits per heavy atom. The van der Waals surface area contributed by atoms with Crippen molar-refractivity contribution < 1.29 is 4.42 Å². The largest absolute Gasteiger partial charge is 0.456 e. The maximum atomic E-state index is 6.30. The van der Waals surface area contributed by atoms with Crippen molar-refractivity contribution in [1.82, 2.24) is 0 Å². The molecule has 0 bridgehead atoms. The zero-order chi connectivity index (χ0) is 34.6. The Morgan fingerprint density at radius 3 is 1.63 bits per heavy atom. The van der Waals surface area contributed by atoms with Crippen LogP contribution in [0.1, 0.15) is 25.0 Å². The van der Waals surface area contributed by atoms with Crippen LogP contribution in [0.4, 0.5) is 0 Å². The monoisotopic (exact) mass is 662 g/mol. The fourth-order valence-corrected chi connectivity index (χ4v) is 9.15. The van der Waals surface area contributed by atoms with Crippen LogP contribution in [0.2, 0.25) is 0 Å². The van der Waals surface area contributed by atoms with Crippen LogP contribution in [0.5, 0.6) is 0 Å². The standard InChI is InChI=1S/C51H34O/c1-51(2)43-27-28-46-50(42-17-9-10-18-45(42)52-46)49(43)41-26-25-35(30-44(41)51)32-19-22-33(23-20-32)47-37-13-5-7-15-39(37)48(40-16-8-6-14-38(40)47)36-24-21-31-11-3-4-12-34(31)29-36/h3-30H,1-2H3. The first-order valence-corrected chi connectivity index (χ1v) is 18.2. The highest BCUT2D eigenvalue weighted by molar-refractivity contribution is 6.22. The first-order valence-electron chi connectivity index (χ1n) is 18.2. The van der Waals surface area contributed by atoms with Crippen LogP contribution >= 0.6 is 0 Å². The van der Waals surface area contributed by atoms with Gasteiger partial charge in [-0.25, -0.2) is 0 Å². The Kier molecular flexibility index (Phi) is 6.08. The van der Waals surface area contributed by atoms with Gasteiger partial charge < -0.3 is 4.42 Å². The van der Waals surface area contributed by atoms with Crippen molar-refractivity contribution in [2.75, 3.05) is 0 Å². The summed E-state index contributed by atoms with van der Waals surface area (Å²) in [4.78, 5) is 0. The smallest absolute Gasteiger partial charge is 0.136 e. The lowest BCUT2D eigenvalue weighted by atomic mass is 9.81. The molecule has 0 atom stereocenters. The molecule has 1 aromatic heterocycles. The molecule has 0 fully saturated rings. The molecule has 0 saturated heterocycles. The van der Waals surface area contributed by atoms with E-state index in [0.29, 0.717) is 0 Å². The highest BCUT2D eigenvalue weighted by atomic mass is 16.3. The summed E-state index contributed by atoms with van der Waals surface area (Å²) in [5.41, 5.74) is 14.6. The molecule has 0 N–H and O–H groups in total. The topological polar surface area (TPSA) is 13.1 Å². The Balaban J connectivity index is 1.04. The van der Waals surface area contributed by atoms with Crippen molar-refractivity contribution in [1.29, 1.82) is 0 Å². The van der Waals surface area contributed by atoms with Crippen molar-refractivity contribution in [3.8, 4) is 44.5 Å². The molecule has 1 aliphatic rings. The molecule has 0 spiro atoms. The van der Waals surface area contributed by atoms with Gasteiger partial charge in [0.2, 0.25) is 0 Å². The number of fused-ring (bicyclic) bond motifs is 10. The molecular formula is C51H34O. The van der Waals surface area contributed by atoms with Gasteiger partial charge in [0.25, 0.3) is 0 Å². The third kappa shape index (κ3) is 4.11. The van der Waals surface area contributed by atoms with Gasteiger partial charge in [0.1, 0.15) is 11.2 Å². The third-order valence-corrected chi connectivity index (χ3v) is 11.7. The van der Waals surface area contributed by atoms with Crippen molar-refractivity contribution in [2.24, 2.45) is 0 Å². The molecule has 0 radical (unpaired) electrons. The molecule has 9 aromatic carbocycles. The minimum Gasteiger partial charge on any atom is -0.456 e. The van der Waals surface area contributed by atoms with Crippen LogP contribution in [0, 0.1) is 0 Å². The van der Waals surface area contributed by atoms with Crippen LogP contribution in [0.15, 0.2) is 174 Å². The van der Waals surface area contributed by atoms with Crippen molar-refractivity contribution in [2.45, 2.75) is 19.3 Å². The van der Waals surface area contributed by atoms with Crippen LogP contribution < -0.4 is 0 Å². The summed E-state index contributed by atoms with van der Waals surface area (Å²) in [6.45, 7) is 4.72. The Hall–Kier alpha value is -6.44. The normalized spacial score (nSPS) is 13.3. The summed E-state index contributed by atoms with van der Waals surface area (Å²) in [6.07, 6.45) is 0. The summed E-state index contributed by atoms with van der Waals surface area (Å²) in [7, 11) is 0. The number of benzene rings is 9. The minimum atomic E-state index is -0.127. The van der Waals surface area contributed by atoms with Gasteiger partial charge in [0.15, 0.2) is 0 Å². The Bertz CT molecular complexity index is 3030. The average Bonchev–Trinajstić information content (AvgIpc) is 3.68. The van der Waals surface area contributed by atoms with E-state index in [0.717, 1.165) is 11.2 Å². The molecule has 1 heteroatoms. The van der Waals surface area contributed by atoms with E-state index in [1.165, 1.54) is 98.7 Å². The number of para-hydroxylation sites is 1. The second-order valence-corrected chi connectivity index (χ2v) is 14.8. The molecular weight excluding hydrogens is 629 g/mol. The van der Waals surface area contributed by atoms with Crippen LogP contribution in [-0.4, -0.2) is 0 Å². The summed E-state index contributed by atoms with van der Waals surface area (Å²) in [5.74, 6) is 0. The maximum absolute atomic E-state index is 6.30. The molecule has 52 heavy (non-hydrogen) atoms. The third-order valence-electron chi connectivity index (χ3n) is 11.7. The van der Waals surface area contributed by atoms with Gasteiger partial charge >= 0.3 is 0 Å². The number of rotatable bonds is 3. The molecule has 11 rings (SSSR count). The molecule has 10 aromatic rings. The van der Waals surface area contributed by atoms with Gasteiger partial charge in [-0.1, -0.05) is 159 Å². The van der Waals surface area contributed by atoms with Crippen LogP contribution in [0.3, 0.4) is 0 Å². The second kappa shape index (κ2) is 10.8. The Labute approximate surface area is 302 Å². The van der Waals surface area contributed by atoms with Gasteiger partial charge in [-0.2, -0.15) is 0 Å². The number of hydrogen-bond donors (Lipinski definition) is 0. The van der Waals surface area contributed by atoms with Crippen molar-refractivity contribution in [3.05, 3.63) is 181 Å². The van der Waals surface area contributed by atoms with Gasteiger partial charge in [0.05, 0.1) is 0 Å². The highest BCUT2D eigenvalue weighted by Gasteiger charge is 2.37. The Morgan fingerprint density at radius 2 is 0.923 bits per heavy atom. The fraction of sp³-hybridized carbons (Fsp3) is 0.0588. The van der Waals surface area contributed by atoms with Gasteiger partial charge in [-0.15, -0.1) is 0 Å². The van der Waals surface area contributed by atoms with Crippen molar-refractivity contribution >= 4 is 54.3 Å². The second-order valence-electron chi connectivity index (χ2n) is 14.8. The maximum Gasteiger partial charge on any atom is 0.136 e. The molecule has 1 aliphatic carbocycles. The quantitative estimate of drug-likeness (QED) is 0.172. The molecule has 0 unspecified atom stereocenters.